The first kappa shape index (κ1) is 25.1. The Morgan fingerprint density at radius 3 is 2.43 bits per heavy atom. The molecule has 182 valence electrons. The van der Waals surface area contributed by atoms with Crippen molar-refractivity contribution < 1.29 is 10.2 Å². The van der Waals surface area contributed by atoms with Crippen LogP contribution >= 0.6 is 24.0 Å². The molecule has 0 saturated carbocycles. The van der Waals surface area contributed by atoms with Gasteiger partial charge in [0.05, 0.1) is 5.69 Å². The van der Waals surface area contributed by atoms with Gasteiger partial charge in [0.25, 0.3) is 0 Å². The zero-order valence-electron chi connectivity index (χ0n) is 20.6. The highest BCUT2D eigenvalue weighted by molar-refractivity contribution is 8.05. The molecule has 2 N–H and O–H groups in total. The van der Waals surface area contributed by atoms with Gasteiger partial charge in [0.1, 0.15) is 11.5 Å². The number of rotatable bonds is 6. The SMILES string of the molecule is CC(C)(C)CC(C)(C)c1cc(O)c(C2=C(Sc3nnnn3-c3ccccc3)C(=S)CC=C2)cc1O. The zero-order chi connectivity index (χ0) is 25.4. The van der Waals surface area contributed by atoms with Crippen LogP contribution in [-0.2, 0) is 5.41 Å². The minimum atomic E-state index is -0.320. The predicted molar refractivity (Wildman–Crippen MR) is 145 cm³/mol. The van der Waals surface area contributed by atoms with Crippen LogP contribution in [0.4, 0.5) is 0 Å². The molecule has 3 aromatic rings. The molecule has 2 aromatic carbocycles. The van der Waals surface area contributed by atoms with Crippen LogP contribution in [0, 0.1) is 5.41 Å². The van der Waals surface area contributed by atoms with Gasteiger partial charge in [-0.1, -0.05) is 77.2 Å². The minimum absolute atomic E-state index is 0.0671. The average molecular weight is 507 g/mol. The molecule has 0 amide bonds. The summed E-state index contributed by atoms with van der Waals surface area (Å²) < 4.78 is 1.66. The van der Waals surface area contributed by atoms with Crippen LogP contribution in [0.15, 0.2) is 64.7 Å². The summed E-state index contributed by atoms with van der Waals surface area (Å²) in [6, 6.07) is 13.0. The molecule has 0 aliphatic heterocycles. The maximum absolute atomic E-state index is 11.1. The Bertz CT molecular complexity index is 1320. The molecule has 1 aliphatic rings. The molecule has 4 rings (SSSR count). The Hall–Kier alpha value is -2.97. The van der Waals surface area contributed by atoms with E-state index in [0.29, 0.717) is 17.1 Å². The maximum atomic E-state index is 11.1. The number of benzene rings is 2. The lowest BCUT2D eigenvalue weighted by atomic mass is 9.71. The summed E-state index contributed by atoms with van der Waals surface area (Å²) in [4.78, 5) is 1.51. The van der Waals surface area contributed by atoms with Gasteiger partial charge < -0.3 is 10.2 Å². The number of para-hydroxylation sites is 1. The van der Waals surface area contributed by atoms with E-state index >= 15 is 0 Å². The van der Waals surface area contributed by atoms with Gasteiger partial charge in [-0.15, -0.1) is 5.10 Å². The number of tetrazole rings is 1. The highest BCUT2D eigenvalue weighted by Gasteiger charge is 2.31. The molecule has 0 radical (unpaired) electrons. The van der Waals surface area contributed by atoms with Crippen molar-refractivity contribution in [2.45, 2.75) is 58.0 Å². The number of phenolic OH excluding ortho intramolecular Hbond substituents is 2. The van der Waals surface area contributed by atoms with E-state index in [-0.39, 0.29) is 22.3 Å². The second kappa shape index (κ2) is 9.59. The van der Waals surface area contributed by atoms with Gasteiger partial charge >= 0.3 is 0 Å². The van der Waals surface area contributed by atoms with Crippen LogP contribution < -0.4 is 0 Å². The normalized spacial score (nSPS) is 14.6. The van der Waals surface area contributed by atoms with Gasteiger partial charge in [0, 0.05) is 32.9 Å². The van der Waals surface area contributed by atoms with Crippen molar-refractivity contribution in [2.24, 2.45) is 5.41 Å². The Kier molecular flexibility index (Phi) is 6.88. The number of allylic oxidation sites excluding steroid dienone is 4. The summed E-state index contributed by atoms with van der Waals surface area (Å²) in [6.07, 6.45) is 5.36. The quantitative estimate of drug-likeness (QED) is 0.287. The van der Waals surface area contributed by atoms with Crippen molar-refractivity contribution in [3.63, 3.8) is 0 Å². The maximum Gasteiger partial charge on any atom is 0.218 e. The number of phenols is 2. The second-order valence-electron chi connectivity index (χ2n) is 10.6. The van der Waals surface area contributed by atoms with Crippen LogP contribution in [0.2, 0.25) is 0 Å². The summed E-state index contributed by atoms with van der Waals surface area (Å²) in [7, 11) is 0. The lowest BCUT2D eigenvalue weighted by molar-refractivity contribution is 0.278. The molecule has 0 bridgehead atoms. The fourth-order valence-corrected chi connectivity index (χ4v) is 6.05. The number of aromatic hydroxyl groups is 2. The molecular weight excluding hydrogens is 476 g/mol. The molecule has 0 atom stereocenters. The standard InChI is InChI=1S/C27H30N4O2S2/c1-26(2,3)16-27(4,5)20-15-21(32)19(14-22(20)33)18-12-9-13-23(34)24(18)35-25-28-29-30-31(25)17-10-7-6-8-11-17/h6-12,14-15,32-33H,13,16H2,1-5H3. The highest BCUT2D eigenvalue weighted by atomic mass is 32.2. The smallest absolute Gasteiger partial charge is 0.218 e. The van der Waals surface area contributed by atoms with Crippen LogP contribution in [0.5, 0.6) is 11.5 Å². The Morgan fingerprint density at radius 2 is 1.74 bits per heavy atom. The molecular formula is C27H30N4O2S2. The van der Waals surface area contributed by atoms with E-state index in [1.54, 1.807) is 16.8 Å². The number of nitrogens with zero attached hydrogens (tertiary/aromatic N) is 4. The first-order valence-electron chi connectivity index (χ1n) is 11.5. The van der Waals surface area contributed by atoms with Crippen molar-refractivity contribution in [2.75, 3.05) is 0 Å². The van der Waals surface area contributed by atoms with Crippen LogP contribution in [0.25, 0.3) is 11.3 Å². The van der Waals surface area contributed by atoms with Gasteiger partial charge in [-0.05, 0) is 63.7 Å². The monoisotopic (exact) mass is 506 g/mol. The van der Waals surface area contributed by atoms with E-state index < -0.39 is 0 Å². The fraction of sp³-hybridized carbons (Fsp3) is 0.333. The third kappa shape index (κ3) is 5.49. The van der Waals surface area contributed by atoms with Gasteiger partial charge in [-0.25, -0.2) is 0 Å². The van der Waals surface area contributed by atoms with Crippen LogP contribution in [-0.4, -0.2) is 35.3 Å². The predicted octanol–water partition coefficient (Wildman–Crippen LogP) is 6.62. The van der Waals surface area contributed by atoms with E-state index in [2.05, 4.69) is 50.1 Å². The second-order valence-corrected chi connectivity index (χ2v) is 12.1. The van der Waals surface area contributed by atoms with E-state index in [1.165, 1.54) is 11.8 Å². The van der Waals surface area contributed by atoms with E-state index in [9.17, 15) is 10.2 Å². The number of thiocarbonyl (C=S) groups is 1. The molecule has 0 spiro atoms. The molecule has 0 unspecified atom stereocenters. The molecule has 8 heteroatoms. The number of thioether (sulfide) groups is 1. The lowest BCUT2D eigenvalue weighted by Crippen LogP contribution is -2.25. The van der Waals surface area contributed by atoms with Gasteiger partial charge in [0.15, 0.2) is 0 Å². The largest absolute Gasteiger partial charge is 0.508 e. The topological polar surface area (TPSA) is 84.1 Å². The summed E-state index contributed by atoms with van der Waals surface area (Å²) in [5.74, 6) is 0.257. The van der Waals surface area contributed by atoms with Crippen molar-refractivity contribution in [3.05, 3.63) is 70.6 Å². The summed E-state index contributed by atoms with van der Waals surface area (Å²) in [6.45, 7) is 10.7. The summed E-state index contributed by atoms with van der Waals surface area (Å²) in [5, 5.41) is 34.9. The van der Waals surface area contributed by atoms with Crippen molar-refractivity contribution in [3.8, 4) is 17.2 Å². The van der Waals surface area contributed by atoms with E-state index in [4.69, 9.17) is 12.2 Å². The Balaban J connectivity index is 1.77. The molecule has 0 fully saturated rings. The highest BCUT2D eigenvalue weighted by Crippen LogP contribution is 2.46. The Labute approximate surface area is 215 Å². The number of aromatic nitrogens is 4. The van der Waals surface area contributed by atoms with E-state index in [1.807, 2.05) is 42.5 Å². The molecule has 1 aromatic heterocycles. The zero-order valence-corrected chi connectivity index (χ0v) is 22.2. The third-order valence-corrected chi connectivity index (χ3v) is 7.43. The Morgan fingerprint density at radius 1 is 1.03 bits per heavy atom. The fourth-order valence-electron chi connectivity index (χ4n) is 4.75. The molecule has 1 heterocycles. The van der Waals surface area contributed by atoms with Gasteiger partial charge in [-0.3, -0.25) is 0 Å². The van der Waals surface area contributed by atoms with Gasteiger partial charge in [-0.2, -0.15) is 4.68 Å². The van der Waals surface area contributed by atoms with Crippen LogP contribution in [0.3, 0.4) is 0 Å². The first-order chi connectivity index (χ1) is 16.5. The molecule has 1 aliphatic carbocycles. The average Bonchev–Trinajstić information content (AvgIpc) is 3.24. The number of hydrogen-bond donors (Lipinski definition) is 2. The third-order valence-electron chi connectivity index (χ3n) is 5.83. The van der Waals surface area contributed by atoms with Gasteiger partial charge in [0.2, 0.25) is 5.16 Å². The number of hydrogen-bond acceptors (Lipinski definition) is 7. The molecule has 35 heavy (non-hydrogen) atoms. The van der Waals surface area contributed by atoms with Crippen molar-refractivity contribution in [1.29, 1.82) is 0 Å². The van der Waals surface area contributed by atoms with E-state index in [0.717, 1.165) is 33.0 Å². The first-order valence-corrected chi connectivity index (χ1v) is 12.7. The van der Waals surface area contributed by atoms with Crippen molar-refractivity contribution >= 4 is 34.4 Å². The minimum Gasteiger partial charge on any atom is -0.508 e. The molecule has 0 saturated heterocycles. The van der Waals surface area contributed by atoms with Crippen molar-refractivity contribution in [1.82, 2.24) is 20.2 Å². The summed E-state index contributed by atoms with van der Waals surface area (Å²) >= 11 is 7.06. The van der Waals surface area contributed by atoms with Crippen LogP contribution in [0.1, 0.15) is 58.6 Å². The lowest BCUT2D eigenvalue weighted by Gasteiger charge is -2.33. The molecule has 6 nitrogen and oxygen atoms in total. The summed E-state index contributed by atoms with van der Waals surface area (Å²) in [5.41, 5.74) is 2.57.